The van der Waals surface area contributed by atoms with Gasteiger partial charge in [-0.25, -0.2) is 0 Å². The van der Waals surface area contributed by atoms with Gasteiger partial charge in [-0.2, -0.15) is 5.06 Å². The van der Waals surface area contributed by atoms with Crippen LogP contribution in [0.4, 0.5) is 0 Å². The summed E-state index contributed by atoms with van der Waals surface area (Å²) in [6, 6.07) is 9.64. The Kier molecular flexibility index (Phi) is 8.24. The van der Waals surface area contributed by atoms with Gasteiger partial charge in [0.1, 0.15) is 6.61 Å². The van der Waals surface area contributed by atoms with E-state index in [1.807, 2.05) is 37.3 Å². The molecule has 2 heterocycles. The van der Waals surface area contributed by atoms with Crippen LogP contribution in [0, 0.1) is 12.8 Å². The number of fused-ring (bicyclic) bond motifs is 1. The molecule has 1 atom stereocenters. The second-order valence-electron chi connectivity index (χ2n) is 8.95. The van der Waals surface area contributed by atoms with Crippen LogP contribution in [-0.4, -0.2) is 52.5 Å². The first-order valence-corrected chi connectivity index (χ1v) is 12.0. The highest BCUT2D eigenvalue weighted by molar-refractivity contribution is 6.05. The fourth-order valence-corrected chi connectivity index (χ4v) is 4.30. The zero-order chi connectivity index (χ0) is 25.5. The fraction of sp³-hybridized carbons (Fsp3) is 0.333. The Bertz CT molecular complexity index is 1240. The SMILES string of the molecule is Cc1cc(COC2=CC=C(C(=O)N(O)C=CCNC(=O)CC3CCNC3)CC2=O)c2ccccc2n1. The normalized spacial score (nSPS) is 17.7. The van der Waals surface area contributed by atoms with Crippen LogP contribution in [0.5, 0.6) is 0 Å². The number of hydroxylamine groups is 2. The van der Waals surface area contributed by atoms with Gasteiger partial charge in [0.15, 0.2) is 5.76 Å². The van der Waals surface area contributed by atoms with Crippen molar-refractivity contribution in [2.24, 2.45) is 5.92 Å². The molecule has 2 aliphatic rings. The molecule has 1 fully saturated rings. The quantitative estimate of drug-likeness (QED) is 0.365. The van der Waals surface area contributed by atoms with Gasteiger partial charge in [-0.3, -0.25) is 24.6 Å². The van der Waals surface area contributed by atoms with Gasteiger partial charge >= 0.3 is 0 Å². The molecule has 0 saturated carbocycles. The lowest BCUT2D eigenvalue weighted by Gasteiger charge is -2.17. The minimum atomic E-state index is -0.714. The third-order valence-corrected chi connectivity index (χ3v) is 6.16. The molecule has 1 saturated heterocycles. The van der Waals surface area contributed by atoms with E-state index in [1.54, 1.807) is 0 Å². The van der Waals surface area contributed by atoms with Crippen LogP contribution < -0.4 is 10.6 Å². The molecular weight excluding hydrogens is 460 g/mol. The number of rotatable bonds is 9. The number of nitrogens with one attached hydrogen (secondary N) is 2. The Balaban J connectivity index is 1.29. The van der Waals surface area contributed by atoms with Gasteiger partial charge in [0.05, 0.1) is 5.52 Å². The number of carbonyl (C=O) groups is 3. The number of pyridine rings is 1. The largest absolute Gasteiger partial charge is 0.485 e. The lowest BCUT2D eigenvalue weighted by Crippen LogP contribution is -2.28. The fourth-order valence-electron chi connectivity index (χ4n) is 4.30. The minimum absolute atomic E-state index is 0.0719. The number of hydrogen-bond acceptors (Lipinski definition) is 7. The van der Waals surface area contributed by atoms with Crippen molar-refractivity contribution in [1.29, 1.82) is 0 Å². The molecule has 0 bridgehead atoms. The number of para-hydroxylation sites is 1. The predicted molar refractivity (Wildman–Crippen MR) is 133 cm³/mol. The molecule has 9 nitrogen and oxygen atoms in total. The molecule has 2 amide bonds. The average Bonchev–Trinajstić information content (AvgIpc) is 3.38. The van der Waals surface area contributed by atoms with Gasteiger partial charge in [-0.1, -0.05) is 18.2 Å². The average molecular weight is 491 g/mol. The number of aryl methyl sites for hydroxylation is 1. The van der Waals surface area contributed by atoms with Crippen LogP contribution in [0.25, 0.3) is 10.9 Å². The number of benzene rings is 1. The van der Waals surface area contributed by atoms with Crippen LogP contribution in [0.1, 0.15) is 30.5 Å². The van der Waals surface area contributed by atoms with Crippen molar-refractivity contribution < 1.29 is 24.3 Å². The summed E-state index contributed by atoms with van der Waals surface area (Å²) in [6.07, 6.45) is 6.81. The van der Waals surface area contributed by atoms with Crippen molar-refractivity contribution in [2.75, 3.05) is 19.6 Å². The molecule has 36 heavy (non-hydrogen) atoms. The van der Waals surface area contributed by atoms with E-state index in [9.17, 15) is 19.6 Å². The Labute approximate surface area is 209 Å². The number of amides is 2. The molecule has 3 N–H and O–H groups in total. The van der Waals surface area contributed by atoms with Gasteiger partial charge in [-0.05, 0) is 62.7 Å². The van der Waals surface area contributed by atoms with E-state index >= 15 is 0 Å². The smallest absolute Gasteiger partial charge is 0.277 e. The molecule has 0 spiro atoms. The van der Waals surface area contributed by atoms with Crippen molar-refractivity contribution in [2.45, 2.75) is 32.8 Å². The maximum absolute atomic E-state index is 12.6. The molecule has 1 aliphatic heterocycles. The zero-order valence-corrected chi connectivity index (χ0v) is 20.2. The second-order valence-corrected chi connectivity index (χ2v) is 8.95. The first-order valence-electron chi connectivity index (χ1n) is 12.0. The van der Waals surface area contributed by atoms with E-state index in [2.05, 4.69) is 15.6 Å². The number of nitrogens with zero attached hydrogens (tertiary/aromatic N) is 2. The molecule has 1 unspecified atom stereocenters. The predicted octanol–water partition coefficient (Wildman–Crippen LogP) is 2.69. The van der Waals surface area contributed by atoms with Crippen molar-refractivity contribution in [3.8, 4) is 0 Å². The van der Waals surface area contributed by atoms with Crippen LogP contribution in [-0.2, 0) is 25.7 Å². The number of hydrogen-bond donors (Lipinski definition) is 3. The van der Waals surface area contributed by atoms with Crippen molar-refractivity contribution in [1.82, 2.24) is 20.7 Å². The second kappa shape index (κ2) is 11.7. The van der Waals surface area contributed by atoms with E-state index in [1.165, 1.54) is 18.2 Å². The molecule has 4 rings (SSSR count). The van der Waals surface area contributed by atoms with Crippen molar-refractivity contribution in [3.05, 3.63) is 77.3 Å². The Morgan fingerprint density at radius 3 is 2.92 bits per heavy atom. The summed E-state index contributed by atoms with van der Waals surface area (Å²) < 4.78 is 5.78. The number of Topliss-reactive ketones (excluding diaryl/α,β-unsaturated/α-hetero) is 1. The maximum Gasteiger partial charge on any atom is 0.277 e. The third-order valence-electron chi connectivity index (χ3n) is 6.16. The summed E-state index contributed by atoms with van der Waals surface area (Å²) in [6.45, 7) is 4.05. The summed E-state index contributed by atoms with van der Waals surface area (Å²) in [5.74, 6) is -0.630. The zero-order valence-electron chi connectivity index (χ0n) is 20.2. The first kappa shape index (κ1) is 25.3. The molecule has 188 valence electrons. The Morgan fingerprint density at radius 2 is 2.14 bits per heavy atom. The third kappa shape index (κ3) is 6.44. The topological polar surface area (TPSA) is 121 Å². The summed E-state index contributed by atoms with van der Waals surface area (Å²) in [7, 11) is 0. The van der Waals surface area contributed by atoms with Crippen LogP contribution in [0.15, 0.2) is 66.1 Å². The summed E-state index contributed by atoms with van der Waals surface area (Å²) in [5.41, 5.74) is 2.76. The van der Waals surface area contributed by atoms with E-state index in [0.29, 0.717) is 17.4 Å². The van der Waals surface area contributed by atoms with Crippen molar-refractivity contribution >= 4 is 28.5 Å². The minimum Gasteiger partial charge on any atom is -0.485 e. The van der Waals surface area contributed by atoms with E-state index < -0.39 is 5.91 Å². The Morgan fingerprint density at radius 1 is 1.31 bits per heavy atom. The lowest BCUT2D eigenvalue weighted by atomic mass is 10.0. The summed E-state index contributed by atoms with van der Waals surface area (Å²) >= 11 is 0. The number of ether oxygens (including phenoxy) is 1. The van der Waals surface area contributed by atoms with Crippen molar-refractivity contribution in [3.63, 3.8) is 0 Å². The molecule has 1 aromatic heterocycles. The molecular formula is C27H30N4O5. The highest BCUT2D eigenvalue weighted by atomic mass is 16.5. The summed E-state index contributed by atoms with van der Waals surface area (Å²) in [4.78, 5) is 41.5. The monoisotopic (exact) mass is 490 g/mol. The van der Waals surface area contributed by atoms with Gasteiger partial charge in [0.2, 0.25) is 11.7 Å². The standard InChI is InChI=1S/C27H30N4O5/c1-18-13-21(22-5-2-3-6-23(22)30-18)17-36-25-8-7-20(15-24(25)32)27(34)31(35)12-4-10-29-26(33)14-19-9-11-28-16-19/h2-8,12-13,19,28,35H,9-11,14-17H2,1H3,(H,29,33). The lowest BCUT2D eigenvalue weighted by molar-refractivity contribution is -0.150. The highest BCUT2D eigenvalue weighted by Crippen LogP contribution is 2.23. The number of ketones is 1. The number of allylic oxidation sites excluding steroid dienone is 3. The number of aromatic nitrogens is 1. The highest BCUT2D eigenvalue weighted by Gasteiger charge is 2.24. The molecule has 1 aromatic carbocycles. The van der Waals surface area contributed by atoms with Gasteiger partial charge in [0.25, 0.3) is 5.91 Å². The molecule has 0 radical (unpaired) electrons. The number of carbonyl (C=O) groups excluding carboxylic acids is 3. The van der Waals surface area contributed by atoms with E-state index in [-0.39, 0.29) is 42.6 Å². The van der Waals surface area contributed by atoms with Crippen LogP contribution in [0.3, 0.4) is 0 Å². The van der Waals surface area contributed by atoms with Crippen LogP contribution >= 0.6 is 0 Å². The molecule has 2 aromatic rings. The van der Waals surface area contributed by atoms with E-state index in [0.717, 1.165) is 47.9 Å². The summed E-state index contributed by atoms with van der Waals surface area (Å²) in [5, 5.41) is 17.4. The Hall–Kier alpha value is -3.82. The van der Waals surface area contributed by atoms with Crippen LogP contribution in [0.2, 0.25) is 0 Å². The maximum atomic E-state index is 12.6. The van der Waals surface area contributed by atoms with Gasteiger partial charge < -0.3 is 15.4 Å². The van der Waals surface area contributed by atoms with Gasteiger partial charge in [-0.15, -0.1) is 0 Å². The first-order chi connectivity index (χ1) is 17.4. The molecule has 9 heteroatoms. The van der Waals surface area contributed by atoms with E-state index in [4.69, 9.17) is 4.74 Å². The van der Waals surface area contributed by atoms with Gasteiger partial charge in [0, 0.05) is 47.8 Å². The molecule has 1 aliphatic carbocycles.